The van der Waals surface area contributed by atoms with Crippen LogP contribution in [0.4, 0.5) is 0 Å². The van der Waals surface area contributed by atoms with Crippen LogP contribution < -0.4 is 5.32 Å². The van der Waals surface area contributed by atoms with E-state index in [1.807, 2.05) is 0 Å². The maximum Gasteiger partial charge on any atom is 0.237 e. The number of carbonyl (C=O) groups excluding carboxylic acids is 1. The highest BCUT2D eigenvalue weighted by atomic mass is 35.5. The van der Waals surface area contributed by atoms with Crippen molar-refractivity contribution in [1.82, 2.24) is 10.2 Å². The molecule has 1 aliphatic heterocycles. The van der Waals surface area contributed by atoms with Crippen LogP contribution in [-0.4, -0.2) is 48.7 Å². The number of carbonyl (C=O) groups is 1. The minimum atomic E-state index is -0.204. The third-order valence-corrected chi connectivity index (χ3v) is 5.64. The Kier molecular flexibility index (Phi) is 6.70. The Bertz CT molecular complexity index is 440. The van der Waals surface area contributed by atoms with Crippen LogP contribution in [0.25, 0.3) is 0 Å². The molecule has 0 aromatic heterocycles. The Morgan fingerprint density at radius 3 is 2.61 bits per heavy atom. The molecule has 1 saturated heterocycles. The van der Waals surface area contributed by atoms with Crippen molar-refractivity contribution < 1.29 is 9.53 Å². The minimum absolute atomic E-state index is 0. The number of amides is 1. The number of nitrogens with one attached hydrogen (secondary N) is 1. The highest BCUT2D eigenvalue weighted by molar-refractivity contribution is 5.85. The van der Waals surface area contributed by atoms with E-state index in [1.54, 1.807) is 4.90 Å². The molecule has 0 spiro atoms. The van der Waals surface area contributed by atoms with E-state index in [4.69, 9.17) is 10.00 Å². The molecule has 2 saturated carbocycles. The van der Waals surface area contributed by atoms with Gasteiger partial charge in [0.25, 0.3) is 0 Å². The van der Waals surface area contributed by atoms with Crippen LogP contribution in [0.3, 0.4) is 0 Å². The van der Waals surface area contributed by atoms with Gasteiger partial charge >= 0.3 is 0 Å². The van der Waals surface area contributed by atoms with E-state index in [2.05, 4.69) is 18.3 Å². The summed E-state index contributed by atoms with van der Waals surface area (Å²) in [6.07, 6.45) is 6.96. The molecule has 1 heterocycles. The number of hydrogen-bond acceptors (Lipinski definition) is 4. The zero-order chi connectivity index (χ0) is 15.5. The zero-order valence-electron chi connectivity index (χ0n) is 13.9. The molecule has 5 atom stereocenters. The van der Waals surface area contributed by atoms with Crippen LogP contribution in [0.2, 0.25) is 0 Å². The van der Waals surface area contributed by atoms with Crippen molar-refractivity contribution in [2.75, 3.05) is 19.7 Å². The summed E-state index contributed by atoms with van der Waals surface area (Å²) in [5, 5.41) is 12.5. The molecule has 3 aliphatic rings. The monoisotopic (exact) mass is 341 g/mol. The first-order valence-corrected chi connectivity index (χ1v) is 8.75. The molecule has 0 aromatic carbocycles. The normalized spacial score (nSPS) is 35.7. The van der Waals surface area contributed by atoms with Crippen molar-refractivity contribution >= 4 is 18.3 Å². The number of ether oxygens (including phenoxy) is 1. The third-order valence-electron chi connectivity index (χ3n) is 5.64. The molecule has 23 heavy (non-hydrogen) atoms. The topological polar surface area (TPSA) is 65.4 Å². The molecule has 1 N–H and O–H groups in total. The van der Waals surface area contributed by atoms with E-state index in [9.17, 15) is 4.79 Å². The maximum absolute atomic E-state index is 12.2. The number of hydrogen-bond donors (Lipinski definition) is 1. The second kappa shape index (κ2) is 8.32. The SMILES string of the molecule is CCOC1C[C@H]2CC(NCC(=O)N3CCC[C@H]3C#N)C[C@H]2C1.Cl. The summed E-state index contributed by atoms with van der Waals surface area (Å²) in [6.45, 7) is 4.01. The van der Waals surface area contributed by atoms with Gasteiger partial charge in [0.2, 0.25) is 5.91 Å². The van der Waals surface area contributed by atoms with E-state index in [-0.39, 0.29) is 24.4 Å². The molecular formula is C17H28ClN3O2. The number of likely N-dealkylation sites (tertiary alicyclic amines) is 1. The molecule has 0 aromatic rings. The molecule has 130 valence electrons. The Hall–Kier alpha value is -0.830. The average molecular weight is 342 g/mol. The summed E-state index contributed by atoms with van der Waals surface area (Å²) >= 11 is 0. The van der Waals surface area contributed by atoms with Crippen molar-refractivity contribution in [2.45, 2.75) is 63.6 Å². The van der Waals surface area contributed by atoms with Crippen LogP contribution in [0.15, 0.2) is 0 Å². The van der Waals surface area contributed by atoms with E-state index in [0.717, 1.165) is 37.8 Å². The van der Waals surface area contributed by atoms with Crippen molar-refractivity contribution in [3.05, 3.63) is 0 Å². The molecule has 0 radical (unpaired) electrons. The predicted octanol–water partition coefficient (Wildman–Crippen LogP) is 2.11. The fourth-order valence-electron chi connectivity index (χ4n) is 4.63. The first-order valence-electron chi connectivity index (χ1n) is 8.75. The highest BCUT2D eigenvalue weighted by Crippen LogP contribution is 2.45. The Morgan fingerprint density at radius 1 is 1.30 bits per heavy atom. The van der Waals surface area contributed by atoms with Gasteiger partial charge < -0.3 is 15.0 Å². The van der Waals surface area contributed by atoms with E-state index >= 15 is 0 Å². The van der Waals surface area contributed by atoms with E-state index < -0.39 is 0 Å². The Morgan fingerprint density at radius 2 is 2.00 bits per heavy atom. The fraction of sp³-hybridized carbons (Fsp3) is 0.882. The van der Waals surface area contributed by atoms with Crippen molar-refractivity contribution in [1.29, 1.82) is 5.26 Å². The lowest BCUT2D eigenvalue weighted by Crippen LogP contribution is -2.43. The second-order valence-electron chi connectivity index (χ2n) is 6.99. The van der Waals surface area contributed by atoms with Crippen molar-refractivity contribution in [3.8, 4) is 6.07 Å². The van der Waals surface area contributed by atoms with Crippen LogP contribution in [-0.2, 0) is 9.53 Å². The van der Waals surface area contributed by atoms with Gasteiger partial charge in [0.05, 0.1) is 18.7 Å². The van der Waals surface area contributed by atoms with Gasteiger partial charge in [0, 0.05) is 19.2 Å². The molecule has 3 rings (SSSR count). The number of halogens is 1. The molecule has 5 nitrogen and oxygen atoms in total. The quantitative estimate of drug-likeness (QED) is 0.831. The van der Waals surface area contributed by atoms with Crippen LogP contribution in [0, 0.1) is 23.2 Å². The Labute approximate surface area is 145 Å². The molecule has 6 heteroatoms. The van der Waals surface area contributed by atoms with Crippen LogP contribution in [0.1, 0.15) is 45.4 Å². The number of nitriles is 1. The van der Waals surface area contributed by atoms with Crippen LogP contribution in [0.5, 0.6) is 0 Å². The lowest BCUT2D eigenvalue weighted by Gasteiger charge is -2.21. The molecule has 3 fully saturated rings. The van der Waals surface area contributed by atoms with E-state index in [1.165, 1.54) is 25.7 Å². The summed E-state index contributed by atoms with van der Waals surface area (Å²) < 4.78 is 5.75. The molecule has 0 bridgehead atoms. The van der Waals surface area contributed by atoms with Gasteiger partial charge in [-0.2, -0.15) is 5.26 Å². The minimum Gasteiger partial charge on any atom is -0.378 e. The highest BCUT2D eigenvalue weighted by Gasteiger charge is 2.42. The average Bonchev–Trinajstić information content (AvgIpc) is 3.18. The standard InChI is InChI=1S/C17H27N3O2.ClH/c1-2-22-16-8-12-6-14(7-13(12)9-16)19-11-17(21)20-5-3-4-15(20)10-18;/h12-16,19H,2-9,11H2,1H3;1H/t12-,13+,14?,15-,16?;/m0./s1. The molecule has 1 amide bonds. The predicted molar refractivity (Wildman–Crippen MR) is 90.2 cm³/mol. The first-order chi connectivity index (χ1) is 10.7. The summed E-state index contributed by atoms with van der Waals surface area (Å²) in [6, 6.07) is 2.49. The summed E-state index contributed by atoms with van der Waals surface area (Å²) in [7, 11) is 0. The summed E-state index contributed by atoms with van der Waals surface area (Å²) in [5.41, 5.74) is 0. The van der Waals surface area contributed by atoms with Crippen molar-refractivity contribution in [3.63, 3.8) is 0 Å². The van der Waals surface area contributed by atoms with Gasteiger partial charge in [-0.3, -0.25) is 4.79 Å². The first kappa shape index (κ1) is 18.5. The fourth-order valence-corrected chi connectivity index (χ4v) is 4.63. The van der Waals surface area contributed by atoms with Crippen molar-refractivity contribution in [2.24, 2.45) is 11.8 Å². The Balaban J connectivity index is 0.00000192. The summed E-state index contributed by atoms with van der Waals surface area (Å²) in [4.78, 5) is 14.0. The third kappa shape index (κ3) is 4.17. The van der Waals surface area contributed by atoms with Gasteiger partial charge in [0.1, 0.15) is 6.04 Å². The van der Waals surface area contributed by atoms with Gasteiger partial charge in [0.15, 0.2) is 0 Å². The maximum atomic E-state index is 12.2. The summed E-state index contributed by atoms with van der Waals surface area (Å²) in [5.74, 6) is 1.62. The van der Waals surface area contributed by atoms with Gasteiger partial charge in [-0.05, 0) is 57.3 Å². The second-order valence-corrected chi connectivity index (χ2v) is 6.99. The van der Waals surface area contributed by atoms with Gasteiger partial charge in [-0.1, -0.05) is 0 Å². The largest absolute Gasteiger partial charge is 0.378 e. The number of rotatable bonds is 5. The zero-order valence-corrected chi connectivity index (χ0v) is 14.7. The number of fused-ring (bicyclic) bond motifs is 1. The smallest absolute Gasteiger partial charge is 0.237 e. The lowest BCUT2D eigenvalue weighted by atomic mass is 10.0. The molecule has 2 unspecified atom stereocenters. The number of nitrogens with zero attached hydrogens (tertiary/aromatic N) is 2. The molecule has 2 aliphatic carbocycles. The molecular weight excluding hydrogens is 314 g/mol. The van der Waals surface area contributed by atoms with Crippen LogP contribution >= 0.6 is 12.4 Å². The lowest BCUT2D eigenvalue weighted by molar-refractivity contribution is -0.130. The van der Waals surface area contributed by atoms with E-state index in [0.29, 0.717) is 18.7 Å². The van der Waals surface area contributed by atoms with Gasteiger partial charge in [-0.25, -0.2) is 0 Å². The van der Waals surface area contributed by atoms with Gasteiger partial charge in [-0.15, -0.1) is 12.4 Å².